The predicted molar refractivity (Wildman–Crippen MR) is 391 cm³/mol. The molecule has 8 aromatic carbocycles. The molecule has 12 heteroatoms. The van der Waals surface area contributed by atoms with Gasteiger partial charge < -0.3 is 56.8 Å². The molecule has 0 atom stereocenters. The summed E-state index contributed by atoms with van der Waals surface area (Å²) in [5.74, 6) is 8.98. The van der Waals surface area contributed by atoms with Gasteiger partial charge in [0.2, 0.25) is 0 Å². The Morgan fingerprint density at radius 1 is 0.138 bits per heavy atom. The van der Waals surface area contributed by atoms with Crippen LogP contribution in [-0.4, -0.2) is 79.3 Å². The molecule has 0 aromatic heterocycles. The van der Waals surface area contributed by atoms with Crippen molar-refractivity contribution in [1.29, 1.82) is 0 Å². The molecule has 12 nitrogen and oxygen atoms in total. The number of unbranched alkanes of at least 4 members (excludes halogenated alkanes) is 13. The molecular formula is C82H114O12. The highest BCUT2D eigenvalue weighted by Gasteiger charge is 2.24. The van der Waals surface area contributed by atoms with Crippen molar-refractivity contribution in [3.63, 3.8) is 0 Å². The maximum Gasteiger partial charge on any atom is 0.161 e. The average Bonchev–Trinajstić information content (AvgIpc) is 0.736. The zero-order valence-electron chi connectivity index (χ0n) is 59.3. The van der Waals surface area contributed by atoms with Crippen molar-refractivity contribution in [2.75, 3.05) is 79.3 Å². The second kappa shape index (κ2) is 39.7. The van der Waals surface area contributed by atoms with E-state index in [0.717, 1.165) is 288 Å². The zero-order chi connectivity index (χ0) is 66.3. The fraction of sp³-hybridized carbons (Fsp3) is 0.561. The zero-order valence-corrected chi connectivity index (χ0v) is 59.3. The minimum atomic E-state index is 0.533. The minimum Gasteiger partial charge on any atom is -0.490 e. The number of rotatable bonds is 49. The fourth-order valence-electron chi connectivity index (χ4n) is 11.6. The summed E-state index contributed by atoms with van der Waals surface area (Å²) in [6.45, 7) is 29.0. The Balaban J connectivity index is 1.11. The first-order valence-electron chi connectivity index (χ1n) is 36.9. The number of hydrogen-bond donors (Lipinski definition) is 0. The first-order chi connectivity index (χ1) is 46.3. The van der Waals surface area contributed by atoms with E-state index in [1.54, 1.807) is 0 Å². The Hall–Kier alpha value is -7.08. The normalized spacial score (nSPS) is 11.6. The maximum atomic E-state index is 6.87. The first kappa shape index (κ1) is 72.7. The minimum absolute atomic E-state index is 0.533. The fourth-order valence-corrected chi connectivity index (χ4v) is 11.6. The van der Waals surface area contributed by atoms with Crippen LogP contribution in [0.25, 0.3) is 64.6 Å². The van der Waals surface area contributed by atoms with Crippen molar-refractivity contribution in [1.82, 2.24) is 0 Å². The summed E-state index contributed by atoms with van der Waals surface area (Å²) in [5, 5.41) is 12.7. The summed E-state index contributed by atoms with van der Waals surface area (Å²) in [6, 6.07) is 26.2. The van der Waals surface area contributed by atoms with Gasteiger partial charge in [-0.15, -0.1) is 0 Å². The molecule has 0 radical (unpaired) electrons. The third-order valence-electron chi connectivity index (χ3n) is 17.4. The maximum absolute atomic E-state index is 6.87. The van der Waals surface area contributed by atoms with E-state index in [1.165, 1.54) is 0 Å². The number of hydrogen-bond acceptors (Lipinski definition) is 12. The monoisotopic (exact) mass is 1290 g/mol. The standard InChI is InChI=1S/C82H114O12/c1-11-21-35-83-71-47-59-61-49-73(85-37-23-13-3)77(89-41-27-17-7)53-65(61)69-57-81(79(91-43-29-19-9)55-67(69)63(59)51-75(71)87-39-25-15-5)93-45-33-31-32-34-46-94-82-58-70-66-54-78(90-42-28-18-8)74(86-38-24-14-4)50-62(66)60-48-72(84-36-22-12-2)76(88-40-26-16-6)52-64(60)68(70)56-80(82)92-44-30-20-10/h47-58H,11-46H2,1-10H3. The number of benzene rings is 8. The van der Waals surface area contributed by atoms with E-state index < -0.39 is 0 Å². The van der Waals surface area contributed by atoms with Crippen LogP contribution in [0.2, 0.25) is 0 Å². The van der Waals surface area contributed by atoms with Crippen molar-refractivity contribution in [2.24, 2.45) is 0 Å². The molecule has 8 rings (SSSR count). The molecule has 0 saturated heterocycles. The second-order valence-corrected chi connectivity index (χ2v) is 25.2. The highest BCUT2D eigenvalue weighted by Crippen LogP contribution is 2.50. The summed E-state index contributed by atoms with van der Waals surface area (Å²) in [7, 11) is 0. The number of ether oxygens (including phenoxy) is 12. The van der Waals surface area contributed by atoms with Gasteiger partial charge in [0.05, 0.1) is 79.3 Å². The largest absolute Gasteiger partial charge is 0.490 e. The van der Waals surface area contributed by atoms with Crippen molar-refractivity contribution in [3.05, 3.63) is 72.8 Å². The third-order valence-corrected chi connectivity index (χ3v) is 17.4. The summed E-state index contributed by atoms with van der Waals surface area (Å²) >= 11 is 0. The van der Waals surface area contributed by atoms with E-state index in [1.807, 2.05) is 0 Å². The van der Waals surface area contributed by atoms with Crippen LogP contribution in [0.3, 0.4) is 0 Å². The molecule has 0 bridgehead atoms. The smallest absolute Gasteiger partial charge is 0.161 e. The van der Waals surface area contributed by atoms with Crippen molar-refractivity contribution < 1.29 is 56.8 Å². The van der Waals surface area contributed by atoms with Crippen LogP contribution in [0.1, 0.15) is 223 Å². The Kier molecular flexibility index (Phi) is 30.7. The van der Waals surface area contributed by atoms with Crippen LogP contribution < -0.4 is 56.8 Å². The van der Waals surface area contributed by atoms with E-state index in [0.29, 0.717) is 79.3 Å². The number of fused-ring (bicyclic) bond motifs is 12. The van der Waals surface area contributed by atoms with Crippen molar-refractivity contribution in [2.45, 2.75) is 223 Å². The van der Waals surface area contributed by atoms with Gasteiger partial charge in [0, 0.05) is 0 Å². The summed E-state index contributed by atoms with van der Waals surface area (Å²) in [5.41, 5.74) is 0. The molecule has 0 aliphatic heterocycles. The van der Waals surface area contributed by atoms with E-state index in [2.05, 4.69) is 142 Å². The summed E-state index contributed by atoms with van der Waals surface area (Å²) < 4.78 is 79.7. The van der Waals surface area contributed by atoms with Crippen LogP contribution in [0.15, 0.2) is 72.8 Å². The molecule has 0 N–H and O–H groups in total. The molecule has 0 unspecified atom stereocenters. The SMILES string of the molecule is CCCCOc1cc2c3cc(OCCCC)c(OCCCC)cc3c3cc(OCCCCCCOc4cc5c6cc(OCCCC)c(OCCCC)cc6c6cc(OCCCC)c(OCCCC)cc6c5cc4OCCCC)c(OCCCC)cc3c2cc1OCCCC. The Morgan fingerprint density at radius 3 is 0.330 bits per heavy atom. The molecule has 0 saturated carbocycles. The van der Waals surface area contributed by atoms with Gasteiger partial charge in [0.1, 0.15) is 0 Å². The van der Waals surface area contributed by atoms with Gasteiger partial charge in [-0.1, -0.05) is 133 Å². The molecule has 0 fully saturated rings. The lowest BCUT2D eigenvalue weighted by molar-refractivity contribution is 0.252. The second-order valence-electron chi connectivity index (χ2n) is 25.2. The molecule has 0 heterocycles. The van der Waals surface area contributed by atoms with E-state index in [9.17, 15) is 0 Å². The van der Waals surface area contributed by atoms with Gasteiger partial charge in [-0.25, -0.2) is 0 Å². The molecule has 94 heavy (non-hydrogen) atoms. The van der Waals surface area contributed by atoms with Gasteiger partial charge >= 0.3 is 0 Å². The van der Waals surface area contributed by atoms with Gasteiger partial charge in [-0.2, -0.15) is 0 Å². The first-order valence-corrected chi connectivity index (χ1v) is 36.9. The van der Waals surface area contributed by atoms with Crippen LogP contribution in [0.5, 0.6) is 69.0 Å². The van der Waals surface area contributed by atoms with Gasteiger partial charge in [-0.05, 0) is 227 Å². The van der Waals surface area contributed by atoms with E-state index >= 15 is 0 Å². The van der Waals surface area contributed by atoms with Gasteiger partial charge in [-0.3, -0.25) is 0 Å². The lowest BCUT2D eigenvalue weighted by atomic mass is 9.93. The van der Waals surface area contributed by atoms with Crippen molar-refractivity contribution in [3.8, 4) is 69.0 Å². The van der Waals surface area contributed by atoms with Crippen molar-refractivity contribution >= 4 is 64.6 Å². The average molecular weight is 1290 g/mol. The molecule has 0 aliphatic carbocycles. The lowest BCUT2D eigenvalue weighted by Crippen LogP contribution is -2.05. The van der Waals surface area contributed by atoms with Crippen LogP contribution in [0, 0.1) is 0 Å². The molecule has 514 valence electrons. The quantitative estimate of drug-likeness (QED) is 0.0267. The third kappa shape index (κ3) is 19.8. The van der Waals surface area contributed by atoms with E-state index in [4.69, 9.17) is 56.8 Å². The summed E-state index contributed by atoms with van der Waals surface area (Å²) in [4.78, 5) is 0. The van der Waals surface area contributed by atoms with Gasteiger partial charge in [0.15, 0.2) is 69.0 Å². The molecule has 8 aromatic rings. The Labute approximate surface area is 563 Å². The van der Waals surface area contributed by atoms with Crippen LogP contribution in [-0.2, 0) is 0 Å². The molecule has 0 spiro atoms. The van der Waals surface area contributed by atoms with E-state index in [-0.39, 0.29) is 0 Å². The molecular weight excluding hydrogens is 1180 g/mol. The predicted octanol–water partition coefficient (Wildman–Crippen LogP) is 23.4. The summed E-state index contributed by atoms with van der Waals surface area (Å²) in [6.07, 6.45) is 23.4. The lowest BCUT2D eigenvalue weighted by Gasteiger charge is -2.21. The molecule has 0 aliphatic rings. The topological polar surface area (TPSA) is 111 Å². The van der Waals surface area contributed by atoms with Crippen LogP contribution in [0.4, 0.5) is 0 Å². The Morgan fingerprint density at radius 2 is 0.234 bits per heavy atom. The molecule has 0 amide bonds. The van der Waals surface area contributed by atoms with Crippen LogP contribution >= 0.6 is 0 Å². The highest BCUT2D eigenvalue weighted by atomic mass is 16.5. The highest BCUT2D eigenvalue weighted by molar-refractivity contribution is 6.28. The van der Waals surface area contributed by atoms with Gasteiger partial charge in [0.25, 0.3) is 0 Å². The Bertz CT molecular complexity index is 3270.